The Hall–Kier alpha value is -0.963. The van der Waals surface area contributed by atoms with Gasteiger partial charge in [-0.15, -0.1) is 0 Å². The molecule has 2 unspecified atom stereocenters. The molecule has 86 valence electrons. The Balaban J connectivity index is 1.70. The molecule has 0 aromatic heterocycles. The number of fused-ring (bicyclic) bond motifs is 2. The van der Waals surface area contributed by atoms with Crippen LogP contribution in [0.5, 0.6) is 0 Å². The van der Waals surface area contributed by atoms with Crippen LogP contribution >= 0.6 is 0 Å². The second-order valence-corrected chi connectivity index (χ2v) is 10.1. The van der Waals surface area contributed by atoms with Crippen molar-refractivity contribution in [3.8, 4) is 0 Å². The average Bonchev–Trinajstić information content (AvgIpc) is 3.02. The molecule has 2 aliphatic heterocycles. The molecule has 0 bridgehead atoms. The van der Waals surface area contributed by atoms with Gasteiger partial charge in [0.2, 0.25) is 0 Å². The van der Waals surface area contributed by atoms with E-state index in [9.17, 15) is 0 Å². The first-order valence-electron chi connectivity index (χ1n) is 6.06. The molecule has 0 radical (unpaired) electrons. The number of hydrogen-bond donors (Lipinski definition) is 0. The summed E-state index contributed by atoms with van der Waals surface area (Å²) in [6, 6.07) is 17.8. The SMILES string of the molecule is C1=C(C2=Cc3ccccc3[AsH]2)[AsH]c2ccccc21. The summed E-state index contributed by atoms with van der Waals surface area (Å²) in [6.07, 6.45) is 4.88. The van der Waals surface area contributed by atoms with Crippen LogP contribution in [0.2, 0.25) is 0 Å². The number of allylic oxidation sites excluding steroid dienone is 2. The van der Waals surface area contributed by atoms with Crippen LogP contribution < -0.4 is 8.70 Å². The number of hydrogen-bond acceptors (Lipinski definition) is 0. The molecule has 0 saturated carbocycles. The average molecular weight is 354 g/mol. The summed E-state index contributed by atoms with van der Waals surface area (Å²) >= 11 is -0.162. The Kier molecular flexibility index (Phi) is 2.61. The van der Waals surface area contributed by atoms with Crippen molar-refractivity contribution in [3.05, 3.63) is 68.4 Å². The Bertz CT molecular complexity index is 634. The van der Waals surface area contributed by atoms with Crippen molar-refractivity contribution in [1.29, 1.82) is 0 Å². The summed E-state index contributed by atoms with van der Waals surface area (Å²) in [5.74, 6) is 0. The number of benzene rings is 2. The second kappa shape index (κ2) is 4.30. The summed E-state index contributed by atoms with van der Waals surface area (Å²) < 4.78 is 6.56. The molecule has 18 heavy (non-hydrogen) atoms. The summed E-state index contributed by atoms with van der Waals surface area (Å²) in [7, 11) is 0. The summed E-state index contributed by atoms with van der Waals surface area (Å²) in [6.45, 7) is 0. The molecular formula is C16H12As2. The standard InChI is InChI=1S/C16H12As2/c1-3-7-13-11(5-1)9-15(17-13)16-10-12-6-2-4-8-14(12)18-16/h1-10,17-18H. The van der Waals surface area contributed by atoms with Gasteiger partial charge in [-0.25, -0.2) is 0 Å². The Labute approximate surface area is 120 Å². The van der Waals surface area contributed by atoms with Crippen molar-refractivity contribution >= 4 is 52.4 Å². The molecule has 0 fully saturated rings. The molecule has 0 nitrogen and oxygen atoms in total. The van der Waals surface area contributed by atoms with E-state index in [1.807, 2.05) is 0 Å². The Morgan fingerprint density at radius 3 is 1.44 bits per heavy atom. The monoisotopic (exact) mass is 354 g/mol. The van der Waals surface area contributed by atoms with Gasteiger partial charge in [-0.3, -0.25) is 0 Å². The van der Waals surface area contributed by atoms with Crippen LogP contribution in [-0.4, -0.2) is 31.5 Å². The zero-order valence-corrected chi connectivity index (χ0v) is 14.0. The second-order valence-electron chi connectivity index (χ2n) is 4.54. The van der Waals surface area contributed by atoms with Gasteiger partial charge in [0.05, 0.1) is 0 Å². The third-order valence-corrected chi connectivity index (χ3v) is 10.4. The van der Waals surface area contributed by atoms with Gasteiger partial charge in [0.1, 0.15) is 0 Å². The predicted molar refractivity (Wildman–Crippen MR) is 82.4 cm³/mol. The van der Waals surface area contributed by atoms with E-state index in [1.54, 1.807) is 17.4 Å². The summed E-state index contributed by atoms with van der Waals surface area (Å²) in [5.41, 5.74) is 2.94. The quantitative estimate of drug-likeness (QED) is 0.676. The van der Waals surface area contributed by atoms with Crippen molar-refractivity contribution in [1.82, 2.24) is 0 Å². The van der Waals surface area contributed by atoms with Crippen molar-refractivity contribution in [2.75, 3.05) is 0 Å². The van der Waals surface area contributed by atoms with Crippen molar-refractivity contribution in [2.45, 2.75) is 0 Å². The maximum absolute atomic E-state index is 2.44. The van der Waals surface area contributed by atoms with Crippen molar-refractivity contribution in [2.24, 2.45) is 0 Å². The molecule has 0 N–H and O–H groups in total. The zero-order chi connectivity index (χ0) is 11.9. The van der Waals surface area contributed by atoms with Gasteiger partial charge in [0, 0.05) is 0 Å². The molecule has 0 amide bonds. The minimum atomic E-state index is -0.0809. The van der Waals surface area contributed by atoms with E-state index in [2.05, 4.69) is 60.7 Å². The molecule has 2 aliphatic rings. The topological polar surface area (TPSA) is 0 Å². The normalized spacial score (nSPS) is 18.7. The molecule has 0 saturated heterocycles. The van der Waals surface area contributed by atoms with Gasteiger partial charge in [-0.1, -0.05) is 0 Å². The van der Waals surface area contributed by atoms with Crippen molar-refractivity contribution < 1.29 is 0 Å². The minimum absolute atomic E-state index is 0.0809. The molecular weight excluding hydrogens is 342 g/mol. The Morgan fingerprint density at radius 1 is 0.556 bits per heavy atom. The zero-order valence-electron chi connectivity index (χ0n) is 9.77. The van der Waals surface area contributed by atoms with Crippen molar-refractivity contribution in [3.63, 3.8) is 0 Å². The first kappa shape index (κ1) is 10.9. The third-order valence-electron chi connectivity index (χ3n) is 3.35. The van der Waals surface area contributed by atoms with Crippen LogP contribution in [0.4, 0.5) is 0 Å². The molecule has 2 heteroatoms. The molecule has 0 aliphatic carbocycles. The summed E-state index contributed by atoms with van der Waals surface area (Å²) in [5, 5.41) is 0. The molecule has 0 spiro atoms. The van der Waals surface area contributed by atoms with Crippen LogP contribution in [0, 0.1) is 0 Å². The van der Waals surface area contributed by atoms with Crippen LogP contribution in [0.15, 0.2) is 57.3 Å². The van der Waals surface area contributed by atoms with Gasteiger partial charge in [-0.2, -0.15) is 0 Å². The first-order valence-corrected chi connectivity index (χ1v) is 10.3. The van der Waals surface area contributed by atoms with E-state index in [-0.39, 0.29) is 31.5 Å². The van der Waals surface area contributed by atoms with Crippen LogP contribution in [0.25, 0.3) is 12.2 Å². The van der Waals surface area contributed by atoms with E-state index in [1.165, 1.54) is 11.1 Å². The van der Waals surface area contributed by atoms with Crippen LogP contribution in [0.3, 0.4) is 0 Å². The van der Waals surface area contributed by atoms with Crippen LogP contribution in [0.1, 0.15) is 11.1 Å². The summed E-state index contributed by atoms with van der Waals surface area (Å²) in [4.78, 5) is 0. The third kappa shape index (κ3) is 1.76. The number of rotatable bonds is 1. The molecule has 2 heterocycles. The van der Waals surface area contributed by atoms with E-state index in [0.717, 1.165) is 0 Å². The van der Waals surface area contributed by atoms with E-state index < -0.39 is 0 Å². The van der Waals surface area contributed by atoms with Gasteiger partial charge in [-0.05, 0) is 0 Å². The van der Waals surface area contributed by atoms with E-state index in [0.29, 0.717) is 0 Å². The fourth-order valence-corrected chi connectivity index (χ4v) is 8.85. The molecule has 2 aromatic carbocycles. The molecule has 4 rings (SSSR count). The van der Waals surface area contributed by atoms with Gasteiger partial charge in [0.25, 0.3) is 0 Å². The first-order chi connectivity index (χ1) is 8.90. The molecule has 2 atom stereocenters. The van der Waals surface area contributed by atoms with Crippen LogP contribution in [-0.2, 0) is 0 Å². The molecule has 2 aromatic rings. The fraction of sp³-hybridized carbons (Fsp3) is 0. The Morgan fingerprint density at radius 2 is 1.00 bits per heavy atom. The van der Waals surface area contributed by atoms with E-state index in [4.69, 9.17) is 0 Å². The predicted octanol–water partition coefficient (Wildman–Crippen LogP) is 1.22. The van der Waals surface area contributed by atoms with Gasteiger partial charge in [0.15, 0.2) is 0 Å². The van der Waals surface area contributed by atoms with Gasteiger partial charge >= 0.3 is 121 Å². The fourth-order valence-electron chi connectivity index (χ4n) is 2.44. The maximum atomic E-state index is 2.44. The van der Waals surface area contributed by atoms with E-state index >= 15 is 0 Å². The van der Waals surface area contributed by atoms with Gasteiger partial charge < -0.3 is 0 Å².